The second-order valence-electron chi connectivity index (χ2n) is 7.47. The molecule has 1 aliphatic rings. The van der Waals surface area contributed by atoms with Gasteiger partial charge in [-0.05, 0) is 25.1 Å². The van der Waals surface area contributed by atoms with Gasteiger partial charge in [0.05, 0.1) is 18.4 Å². The third kappa shape index (κ3) is 4.77. The topological polar surface area (TPSA) is 70.6 Å². The van der Waals surface area contributed by atoms with Gasteiger partial charge in [-0.3, -0.25) is 4.79 Å². The molecule has 3 aromatic rings. The van der Waals surface area contributed by atoms with Crippen molar-refractivity contribution in [1.29, 1.82) is 0 Å². The number of hydrogen-bond acceptors (Lipinski definition) is 6. The third-order valence-corrected chi connectivity index (χ3v) is 5.53. The van der Waals surface area contributed by atoms with Crippen molar-refractivity contribution >= 4 is 17.5 Å². The van der Waals surface area contributed by atoms with Crippen molar-refractivity contribution in [3.63, 3.8) is 0 Å². The van der Waals surface area contributed by atoms with E-state index in [-0.39, 0.29) is 5.91 Å². The number of ether oxygens (including phenoxy) is 1. The second kappa shape index (κ2) is 9.47. The van der Waals surface area contributed by atoms with Crippen molar-refractivity contribution in [3.8, 4) is 5.75 Å². The number of nitrogens with zero attached hydrogens (tertiary/aromatic N) is 4. The van der Waals surface area contributed by atoms with Gasteiger partial charge in [0.2, 0.25) is 5.95 Å². The molecule has 1 aromatic heterocycles. The monoisotopic (exact) mass is 417 g/mol. The molecule has 2 aromatic carbocycles. The maximum atomic E-state index is 13.0. The Kier molecular flexibility index (Phi) is 6.31. The van der Waals surface area contributed by atoms with Crippen molar-refractivity contribution in [2.24, 2.45) is 0 Å². The number of amides is 1. The van der Waals surface area contributed by atoms with E-state index in [9.17, 15) is 4.79 Å². The lowest BCUT2D eigenvalue weighted by molar-refractivity contribution is 0.0745. The highest BCUT2D eigenvalue weighted by Crippen LogP contribution is 2.20. The van der Waals surface area contributed by atoms with Gasteiger partial charge in [0.1, 0.15) is 5.75 Å². The Bertz CT molecular complexity index is 1030. The van der Waals surface area contributed by atoms with Gasteiger partial charge in [-0.25, -0.2) is 9.97 Å². The van der Waals surface area contributed by atoms with E-state index in [4.69, 9.17) is 4.74 Å². The van der Waals surface area contributed by atoms with Gasteiger partial charge < -0.3 is 19.9 Å². The van der Waals surface area contributed by atoms with Crippen LogP contribution in [0.25, 0.3) is 0 Å². The van der Waals surface area contributed by atoms with Crippen molar-refractivity contribution in [1.82, 2.24) is 14.9 Å². The van der Waals surface area contributed by atoms with Gasteiger partial charge in [-0.2, -0.15) is 0 Å². The first kappa shape index (κ1) is 20.7. The van der Waals surface area contributed by atoms with Crippen LogP contribution in [0.5, 0.6) is 5.75 Å². The number of methoxy groups -OCH3 is 1. The molecule has 1 amide bonds. The molecule has 2 heterocycles. The summed E-state index contributed by atoms with van der Waals surface area (Å²) in [5.41, 5.74) is 3.44. The standard InChI is InChI=1S/C24H27N5O2/c1-18-21(17-26-24(27-18)25-16-19-8-6-7-11-22(19)31-2)23(30)29-14-12-28(13-15-29)20-9-4-3-5-10-20/h3-11,17H,12-16H2,1-2H3,(H,25,26,27). The van der Waals surface area contributed by atoms with E-state index in [0.717, 1.165) is 24.4 Å². The molecule has 1 saturated heterocycles. The molecule has 0 saturated carbocycles. The lowest BCUT2D eigenvalue weighted by Gasteiger charge is -2.36. The highest BCUT2D eigenvalue weighted by molar-refractivity contribution is 5.95. The van der Waals surface area contributed by atoms with Crippen LogP contribution < -0.4 is 15.0 Å². The Balaban J connectivity index is 1.37. The molecule has 0 bridgehead atoms. The maximum absolute atomic E-state index is 13.0. The average molecular weight is 418 g/mol. The molecule has 0 unspecified atom stereocenters. The molecule has 31 heavy (non-hydrogen) atoms. The van der Waals surface area contributed by atoms with Crippen LogP contribution in [0.1, 0.15) is 21.6 Å². The number of aryl methyl sites for hydroxylation is 1. The molecule has 4 rings (SSSR count). The van der Waals surface area contributed by atoms with Crippen molar-refractivity contribution in [2.75, 3.05) is 43.5 Å². The molecule has 1 fully saturated rings. The molecular weight excluding hydrogens is 390 g/mol. The Morgan fingerprint density at radius 2 is 1.74 bits per heavy atom. The van der Waals surface area contributed by atoms with Crippen LogP contribution in [0, 0.1) is 6.92 Å². The fourth-order valence-corrected chi connectivity index (χ4v) is 3.76. The summed E-state index contributed by atoms with van der Waals surface area (Å²) in [5.74, 6) is 1.29. The number of carbonyl (C=O) groups is 1. The van der Waals surface area contributed by atoms with Gasteiger partial charge >= 0.3 is 0 Å². The number of anilines is 2. The van der Waals surface area contributed by atoms with E-state index in [2.05, 4.69) is 32.3 Å². The van der Waals surface area contributed by atoms with Crippen LogP contribution in [0.15, 0.2) is 60.8 Å². The number of piperazine rings is 1. The normalized spacial score (nSPS) is 13.7. The molecule has 1 aliphatic heterocycles. The molecule has 7 heteroatoms. The van der Waals surface area contributed by atoms with Gasteiger partial charge in [-0.1, -0.05) is 36.4 Å². The van der Waals surface area contributed by atoms with Crippen molar-refractivity contribution in [3.05, 3.63) is 77.6 Å². The zero-order valence-electron chi connectivity index (χ0n) is 17.9. The predicted octanol–water partition coefficient (Wildman–Crippen LogP) is 3.37. The van der Waals surface area contributed by atoms with E-state index in [1.54, 1.807) is 13.3 Å². The SMILES string of the molecule is COc1ccccc1CNc1ncc(C(=O)N2CCN(c3ccccc3)CC2)c(C)n1. The summed E-state index contributed by atoms with van der Waals surface area (Å²) < 4.78 is 5.38. The minimum Gasteiger partial charge on any atom is -0.496 e. The third-order valence-electron chi connectivity index (χ3n) is 5.53. The van der Waals surface area contributed by atoms with E-state index in [1.807, 2.05) is 54.3 Å². The second-order valence-corrected chi connectivity index (χ2v) is 7.47. The first-order valence-electron chi connectivity index (χ1n) is 10.4. The molecular formula is C24H27N5O2. The summed E-state index contributed by atoms with van der Waals surface area (Å²) in [5, 5.41) is 3.21. The molecule has 0 radical (unpaired) electrons. The Hall–Kier alpha value is -3.61. The van der Waals surface area contributed by atoms with Gasteiger partial charge in [0, 0.05) is 50.2 Å². The van der Waals surface area contributed by atoms with Crippen molar-refractivity contribution in [2.45, 2.75) is 13.5 Å². The Morgan fingerprint density at radius 3 is 2.45 bits per heavy atom. The number of benzene rings is 2. The summed E-state index contributed by atoms with van der Waals surface area (Å²) in [6.45, 7) is 5.38. The smallest absolute Gasteiger partial charge is 0.257 e. The van der Waals surface area contributed by atoms with Crippen molar-refractivity contribution < 1.29 is 9.53 Å². The molecule has 160 valence electrons. The lowest BCUT2D eigenvalue weighted by Crippen LogP contribution is -2.49. The molecule has 7 nitrogen and oxygen atoms in total. The maximum Gasteiger partial charge on any atom is 0.257 e. The first-order valence-corrected chi connectivity index (χ1v) is 10.4. The van der Waals surface area contributed by atoms with E-state index >= 15 is 0 Å². The largest absolute Gasteiger partial charge is 0.496 e. The lowest BCUT2D eigenvalue weighted by atomic mass is 10.2. The van der Waals surface area contributed by atoms with E-state index in [1.165, 1.54) is 5.69 Å². The zero-order valence-corrected chi connectivity index (χ0v) is 17.9. The van der Waals surface area contributed by atoms with Crippen LogP contribution in [0.3, 0.4) is 0 Å². The number of nitrogens with one attached hydrogen (secondary N) is 1. The van der Waals surface area contributed by atoms with E-state index in [0.29, 0.717) is 36.8 Å². The van der Waals surface area contributed by atoms with Crippen LogP contribution in [0.2, 0.25) is 0 Å². The van der Waals surface area contributed by atoms with Gasteiger partial charge in [-0.15, -0.1) is 0 Å². The quantitative estimate of drug-likeness (QED) is 0.663. The molecule has 0 spiro atoms. The first-order chi connectivity index (χ1) is 15.2. The van der Waals surface area contributed by atoms with Crippen LogP contribution in [0.4, 0.5) is 11.6 Å². The fraction of sp³-hybridized carbons (Fsp3) is 0.292. The number of hydrogen-bond donors (Lipinski definition) is 1. The number of para-hydroxylation sites is 2. The zero-order chi connectivity index (χ0) is 21.6. The van der Waals surface area contributed by atoms with Crippen LogP contribution in [-0.4, -0.2) is 54.1 Å². The summed E-state index contributed by atoms with van der Waals surface area (Å²) in [6, 6.07) is 18.1. The summed E-state index contributed by atoms with van der Waals surface area (Å²) in [7, 11) is 1.65. The summed E-state index contributed by atoms with van der Waals surface area (Å²) >= 11 is 0. The molecule has 1 N–H and O–H groups in total. The van der Waals surface area contributed by atoms with Crippen LogP contribution in [-0.2, 0) is 6.54 Å². The van der Waals surface area contributed by atoms with Gasteiger partial charge in [0.15, 0.2) is 0 Å². The number of aromatic nitrogens is 2. The number of carbonyl (C=O) groups excluding carboxylic acids is 1. The fourth-order valence-electron chi connectivity index (χ4n) is 3.76. The Morgan fingerprint density at radius 1 is 1.03 bits per heavy atom. The average Bonchev–Trinajstić information content (AvgIpc) is 2.83. The van der Waals surface area contributed by atoms with Gasteiger partial charge in [0.25, 0.3) is 5.91 Å². The molecule has 0 aliphatic carbocycles. The predicted molar refractivity (Wildman–Crippen MR) is 122 cm³/mol. The van der Waals surface area contributed by atoms with E-state index < -0.39 is 0 Å². The Labute approximate surface area is 182 Å². The highest BCUT2D eigenvalue weighted by atomic mass is 16.5. The highest BCUT2D eigenvalue weighted by Gasteiger charge is 2.24. The number of rotatable bonds is 6. The minimum absolute atomic E-state index is 0.0125. The minimum atomic E-state index is -0.0125. The summed E-state index contributed by atoms with van der Waals surface area (Å²) in [6.07, 6.45) is 1.62. The van der Waals surface area contributed by atoms with Crippen LogP contribution >= 0.6 is 0 Å². The molecule has 0 atom stereocenters. The summed E-state index contributed by atoms with van der Waals surface area (Å²) in [4.78, 5) is 26.1.